The molecule has 0 spiro atoms. The third kappa shape index (κ3) is 6.28. The van der Waals surface area contributed by atoms with E-state index in [-0.39, 0.29) is 12.6 Å². The van der Waals surface area contributed by atoms with Crippen LogP contribution in [0.4, 0.5) is 0 Å². The van der Waals surface area contributed by atoms with Crippen LogP contribution >= 0.6 is 0 Å². The van der Waals surface area contributed by atoms with Crippen molar-refractivity contribution in [2.75, 3.05) is 52.5 Å². The summed E-state index contributed by atoms with van der Waals surface area (Å²) in [5.74, 6) is -1.42. The van der Waals surface area contributed by atoms with Crippen LogP contribution in [0.3, 0.4) is 0 Å². The zero-order valence-corrected chi connectivity index (χ0v) is 19.7. The van der Waals surface area contributed by atoms with Gasteiger partial charge in [0.15, 0.2) is 0 Å². The van der Waals surface area contributed by atoms with Crippen molar-refractivity contribution in [3.05, 3.63) is 29.3 Å². The molecule has 1 atom stereocenters. The minimum absolute atomic E-state index is 0.115. The highest BCUT2D eigenvalue weighted by Crippen LogP contribution is 2.28. The minimum Gasteiger partial charge on any atom is -0.379 e. The Morgan fingerprint density at radius 2 is 1.81 bits per heavy atom. The fraction of sp³-hybridized carbons (Fsp3) is 0.636. The lowest BCUT2D eigenvalue weighted by Gasteiger charge is -2.26. The molecule has 9 nitrogen and oxygen atoms in total. The summed E-state index contributed by atoms with van der Waals surface area (Å²) in [6.45, 7) is 8.65. The molecule has 0 saturated carbocycles. The summed E-state index contributed by atoms with van der Waals surface area (Å²) in [6, 6.07) is 5.01. The van der Waals surface area contributed by atoms with Gasteiger partial charge in [0.05, 0.1) is 18.1 Å². The van der Waals surface area contributed by atoms with Crippen LogP contribution in [0, 0.1) is 13.8 Å². The molecule has 0 aliphatic carbocycles. The molecule has 0 aromatic heterocycles. The Morgan fingerprint density at radius 1 is 1.09 bits per heavy atom. The Bertz CT molecular complexity index is 915. The molecule has 2 fully saturated rings. The summed E-state index contributed by atoms with van der Waals surface area (Å²) < 4.78 is 33.2. The maximum Gasteiger partial charge on any atom is 0.309 e. The molecule has 0 radical (unpaired) electrons. The summed E-state index contributed by atoms with van der Waals surface area (Å²) in [6.07, 6.45) is 2.12. The average molecular weight is 467 g/mol. The van der Waals surface area contributed by atoms with E-state index in [1.54, 1.807) is 19.1 Å². The number of nitrogens with one attached hydrogen (secondary N) is 2. The Labute approximate surface area is 190 Å². The van der Waals surface area contributed by atoms with E-state index in [0.717, 1.165) is 51.3 Å². The SMILES string of the molecule is Cc1ccc(C)c(S(=O)(=O)N2CCC[C@H]2CNC(=O)C(=O)NCCCN2CCOCC2)c1. The third-order valence-electron chi connectivity index (χ3n) is 6.00. The highest BCUT2D eigenvalue weighted by molar-refractivity contribution is 7.89. The highest BCUT2D eigenvalue weighted by atomic mass is 32.2. The van der Waals surface area contributed by atoms with Gasteiger partial charge in [-0.15, -0.1) is 0 Å². The van der Waals surface area contributed by atoms with Crippen LogP contribution in [0.2, 0.25) is 0 Å². The zero-order valence-electron chi connectivity index (χ0n) is 18.9. The maximum absolute atomic E-state index is 13.2. The number of carbonyl (C=O) groups is 2. The van der Waals surface area contributed by atoms with Crippen molar-refractivity contribution in [3.63, 3.8) is 0 Å². The fourth-order valence-corrected chi connectivity index (χ4v) is 6.15. The van der Waals surface area contributed by atoms with Gasteiger partial charge < -0.3 is 15.4 Å². The second-order valence-corrected chi connectivity index (χ2v) is 10.3. The van der Waals surface area contributed by atoms with Crippen LogP contribution in [0.1, 0.15) is 30.4 Å². The monoisotopic (exact) mass is 466 g/mol. The van der Waals surface area contributed by atoms with Crippen LogP contribution in [0.15, 0.2) is 23.1 Å². The van der Waals surface area contributed by atoms with Crippen molar-refractivity contribution in [1.29, 1.82) is 0 Å². The number of hydrogen-bond donors (Lipinski definition) is 2. The normalized spacial score (nSPS) is 20.2. The van der Waals surface area contributed by atoms with Crippen molar-refractivity contribution in [2.45, 2.75) is 44.0 Å². The summed E-state index contributed by atoms with van der Waals surface area (Å²) in [5.41, 5.74) is 1.57. The smallest absolute Gasteiger partial charge is 0.309 e. The Morgan fingerprint density at radius 3 is 2.56 bits per heavy atom. The van der Waals surface area contributed by atoms with Crippen molar-refractivity contribution in [2.24, 2.45) is 0 Å². The Balaban J connectivity index is 1.47. The lowest BCUT2D eigenvalue weighted by molar-refractivity contribution is -0.139. The molecule has 2 saturated heterocycles. The number of amides is 2. The molecule has 3 rings (SSSR count). The van der Waals surface area contributed by atoms with Gasteiger partial charge in [0.2, 0.25) is 10.0 Å². The highest BCUT2D eigenvalue weighted by Gasteiger charge is 2.36. The molecule has 32 heavy (non-hydrogen) atoms. The minimum atomic E-state index is -3.67. The first-order chi connectivity index (χ1) is 15.3. The van der Waals surface area contributed by atoms with Gasteiger partial charge in [-0.3, -0.25) is 14.5 Å². The molecule has 2 N–H and O–H groups in total. The van der Waals surface area contributed by atoms with Crippen molar-refractivity contribution in [3.8, 4) is 0 Å². The number of hydrogen-bond acceptors (Lipinski definition) is 6. The Kier molecular flexibility index (Phi) is 8.64. The van der Waals surface area contributed by atoms with Gasteiger partial charge in [0.25, 0.3) is 0 Å². The van der Waals surface area contributed by atoms with E-state index >= 15 is 0 Å². The van der Waals surface area contributed by atoms with Gasteiger partial charge in [0.1, 0.15) is 0 Å². The van der Waals surface area contributed by atoms with Gasteiger partial charge in [-0.2, -0.15) is 4.31 Å². The second-order valence-electron chi connectivity index (χ2n) is 8.45. The number of morpholine rings is 1. The Hall–Kier alpha value is -2.01. The van der Waals surface area contributed by atoms with Crippen LogP contribution in [0.5, 0.6) is 0 Å². The number of benzene rings is 1. The largest absolute Gasteiger partial charge is 0.379 e. The molecule has 2 heterocycles. The standard InChI is InChI=1S/C22H34N4O5S/c1-17-6-7-18(2)20(15-17)32(29,30)26-10-3-5-19(26)16-24-22(28)21(27)23-8-4-9-25-11-13-31-14-12-25/h6-7,15,19H,3-5,8-14,16H2,1-2H3,(H,23,27)(H,24,28)/t19-/m0/s1. The van der Waals surface area contributed by atoms with Crippen molar-refractivity contribution in [1.82, 2.24) is 19.8 Å². The molecule has 0 bridgehead atoms. The molecular formula is C22H34N4O5S. The van der Waals surface area contributed by atoms with Crippen molar-refractivity contribution < 1.29 is 22.7 Å². The lowest BCUT2D eigenvalue weighted by Crippen LogP contribution is -2.47. The average Bonchev–Trinajstić information content (AvgIpc) is 3.27. The number of sulfonamides is 1. The number of aryl methyl sites for hydroxylation is 2. The number of ether oxygens (including phenoxy) is 1. The molecular weight excluding hydrogens is 432 g/mol. The predicted octanol–water partition coefficient (Wildman–Crippen LogP) is 0.411. The lowest BCUT2D eigenvalue weighted by atomic mass is 10.2. The summed E-state index contributed by atoms with van der Waals surface area (Å²) in [4.78, 5) is 26.9. The van der Waals surface area contributed by atoms with Gasteiger partial charge in [-0.25, -0.2) is 8.42 Å². The first-order valence-electron chi connectivity index (χ1n) is 11.2. The molecule has 2 amide bonds. The molecule has 178 valence electrons. The van der Waals surface area contributed by atoms with Crippen LogP contribution in [-0.4, -0.2) is 88.0 Å². The predicted molar refractivity (Wildman–Crippen MR) is 121 cm³/mol. The zero-order chi connectivity index (χ0) is 23.1. The van der Waals surface area contributed by atoms with E-state index in [1.807, 2.05) is 13.0 Å². The van der Waals surface area contributed by atoms with Crippen LogP contribution < -0.4 is 10.6 Å². The number of carbonyl (C=O) groups excluding carboxylic acids is 2. The second kappa shape index (κ2) is 11.2. The first kappa shape index (κ1) is 24.6. The van der Waals surface area contributed by atoms with Crippen LogP contribution in [0.25, 0.3) is 0 Å². The summed E-state index contributed by atoms with van der Waals surface area (Å²) in [5, 5.41) is 5.25. The molecule has 2 aliphatic heterocycles. The summed E-state index contributed by atoms with van der Waals surface area (Å²) in [7, 11) is -3.67. The topological polar surface area (TPSA) is 108 Å². The van der Waals surface area contributed by atoms with Gasteiger partial charge >= 0.3 is 11.8 Å². The van der Waals surface area contributed by atoms with E-state index in [1.165, 1.54) is 4.31 Å². The molecule has 10 heteroatoms. The van der Waals surface area contributed by atoms with E-state index in [0.29, 0.717) is 30.0 Å². The van der Waals surface area contributed by atoms with E-state index < -0.39 is 21.8 Å². The first-order valence-corrected chi connectivity index (χ1v) is 12.7. The third-order valence-corrected chi connectivity index (χ3v) is 8.09. The number of nitrogens with zero attached hydrogens (tertiary/aromatic N) is 2. The fourth-order valence-electron chi connectivity index (χ4n) is 4.14. The van der Waals surface area contributed by atoms with Gasteiger partial charge in [-0.05, 0) is 56.8 Å². The van der Waals surface area contributed by atoms with Crippen LogP contribution in [-0.2, 0) is 24.3 Å². The van der Waals surface area contributed by atoms with E-state index in [2.05, 4.69) is 15.5 Å². The summed E-state index contributed by atoms with van der Waals surface area (Å²) >= 11 is 0. The number of rotatable bonds is 8. The van der Waals surface area contributed by atoms with Crippen molar-refractivity contribution >= 4 is 21.8 Å². The van der Waals surface area contributed by atoms with Gasteiger partial charge in [-0.1, -0.05) is 12.1 Å². The maximum atomic E-state index is 13.2. The van der Waals surface area contributed by atoms with Gasteiger partial charge in [0, 0.05) is 38.8 Å². The quantitative estimate of drug-likeness (QED) is 0.425. The molecule has 1 aromatic carbocycles. The van der Waals surface area contributed by atoms with E-state index in [4.69, 9.17) is 4.74 Å². The molecule has 0 unspecified atom stereocenters. The molecule has 2 aliphatic rings. The molecule has 1 aromatic rings. The van der Waals surface area contributed by atoms with E-state index in [9.17, 15) is 18.0 Å².